The van der Waals surface area contributed by atoms with Gasteiger partial charge in [-0.15, -0.1) is 0 Å². The number of aryl methyl sites for hydroxylation is 1. The Hall–Kier alpha value is -2.96. The minimum Gasteiger partial charge on any atom is -0.480 e. The summed E-state index contributed by atoms with van der Waals surface area (Å²) in [6, 6.07) is 7.23. The molecule has 24 heavy (non-hydrogen) atoms. The first-order valence-electron chi connectivity index (χ1n) is 7.52. The first-order chi connectivity index (χ1) is 11.4. The number of rotatable bonds is 8. The lowest BCUT2D eigenvalue weighted by atomic mass is 9.93. The Morgan fingerprint density at radius 2 is 2.17 bits per heavy atom. The van der Waals surface area contributed by atoms with Gasteiger partial charge in [0.25, 0.3) is 0 Å². The predicted molar refractivity (Wildman–Crippen MR) is 89.8 cm³/mol. The minimum absolute atomic E-state index is 0.126. The number of carboxylic acid groups (broad SMARTS) is 1. The van der Waals surface area contributed by atoms with Crippen LogP contribution < -0.4 is 11.1 Å². The number of amides is 1. The number of nitrogens with one attached hydrogen (secondary N) is 1. The van der Waals surface area contributed by atoms with Gasteiger partial charge in [-0.3, -0.25) is 14.6 Å². The molecule has 1 atom stereocenters. The zero-order valence-electron chi connectivity index (χ0n) is 13.3. The van der Waals surface area contributed by atoms with Gasteiger partial charge in [0.05, 0.1) is 11.2 Å². The van der Waals surface area contributed by atoms with E-state index in [2.05, 4.69) is 10.3 Å². The number of aromatic nitrogens is 1. The maximum atomic E-state index is 11.4. The number of carbonyl (C=O) groups is 3. The van der Waals surface area contributed by atoms with E-state index in [-0.39, 0.29) is 13.0 Å². The summed E-state index contributed by atoms with van der Waals surface area (Å²) in [7, 11) is 0. The van der Waals surface area contributed by atoms with Crippen LogP contribution in [0.15, 0.2) is 24.3 Å². The number of nitrogens with zero attached hydrogens (tertiary/aromatic N) is 1. The summed E-state index contributed by atoms with van der Waals surface area (Å²) < 4.78 is 0. The van der Waals surface area contributed by atoms with E-state index >= 15 is 0 Å². The van der Waals surface area contributed by atoms with Crippen LogP contribution in [-0.2, 0) is 14.4 Å². The number of benzene rings is 1. The third kappa shape index (κ3) is 4.07. The molecule has 1 heterocycles. The highest BCUT2D eigenvalue weighted by Crippen LogP contribution is 2.28. The van der Waals surface area contributed by atoms with Crippen LogP contribution in [0.4, 0.5) is 5.69 Å². The molecule has 1 unspecified atom stereocenters. The van der Waals surface area contributed by atoms with Crippen LogP contribution >= 0.6 is 0 Å². The molecule has 0 aliphatic rings. The maximum absolute atomic E-state index is 11.4. The van der Waals surface area contributed by atoms with Crippen molar-refractivity contribution in [3.05, 3.63) is 35.5 Å². The van der Waals surface area contributed by atoms with Crippen molar-refractivity contribution in [2.45, 2.75) is 25.7 Å². The second-order valence-corrected chi connectivity index (χ2v) is 5.54. The molecular weight excluding hydrogens is 310 g/mol. The van der Waals surface area contributed by atoms with Crippen molar-refractivity contribution in [2.75, 3.05) is 11.9 Å². The molecule has 1 aromatic heterocycles. The highest BCUT2D eigenvalue weighted by atomic mass is 16.4. The first kappa shape index (κ1) is 17.4. The van der Waals surface area contributed by atoms with Gasteiger partial charge in [0.1, 0.15) is 12.8 Å². The van der Waals surface area contributed by atoms with Crippen molar-refractivity contribution in [3.63, 3.8) is 0 Å². The van der Waals surface area contributed by atoms with Gasteiger partial charge in [-0.05, 0) is 31.0 Å². The van der Waals surface area contributed by atoms with Gasteiger partial charge in [-0.25, -0.2) is 0 Å². The van der Waals surface area contributed by atoms with Crippen molar-refractivity contribution in [2.24, 2.45) is 5.73 Å². The number of aldehydes is 1. The molecule has 0 aliphatic heterocycles. The molecule has 126 valence electrons. The van der Waals surface area contributed by atoms with E-state index in [1.807, 2.05) is 12.1 Å². The molecule has 0 aliphatic carbocycles. The highest BCUT2D eigenvalue weighted by molar-refractivity contribution is 5.92. The zero-order valence-corrected chi connectivity index (χ0v) is 13.3. The summed E-state index contributed by atoms with van der Waals surface area (Å²) in [5.41, 5.74) is 7.81. The fourth-order valence-electron chi connectivity index (χ4n) is 2.59. The molecule has 0 fully saturated rings. The molecule has 0 bridgehead atoms. The quantitative estimate of drug-likeness (QED) is 0.632. The molecule has 0 spiro atoms. The molecule has 0 saturated heterocycles. The Morgan fingerprint density at radius 1 is 1.42 bits per heavy atom. The number of carboxylic acids is 1. The predicted octanol–water partition coefficient (Wildman–Crippen LogP) is 1.59. The van der Waals surface area contributed by atoms with Gasteiger partial charge in [-0.2, -0.15) is 0 Å². The number of hydrogen-bond donors (Lipinski definition) is 3. The second-order valence-electron chi connectivity index (χ2n) is 5.54. The van der Waals surface area contributed by atoms with Gasteiger partial charge in [0.2, 0.25) is 5.91 Å². The van der Waals surface area contributed by atoms with Crippen LogP contribution in [0.25, 0.3) is 10.9 Å². The first-order valence-corrected chi connectivity index (χ1v) is 7.52. The number of anilines is 1. The van der Waals surface area contributed by atoms with E-state index in [4.69, 9.17) is 10.8 Å². The summed E-state index contributed by atoms with van der Waals surface area (Å²) in [5.74, 6) is -1.87. The van der Waals surface area contributed by atoms with Crippen LogP contribution in [0.2, 0.25) is 0 Å². The number of aliphatic carboxylic acids is 1. The van der Waals surface area contributed by atoms with Gasteiger partial charge in [0.15, 0.2) is 0 Å². The standard InChI is InChI=1S/C17H19N3O4/c1-10-13(12(9-21)5-6-15(18)22)7-11-3-2-4-14(17(11)20-10)19-8-16(23)24/h2-4,7,9,12,19H,5-6,8H2,1H3,(H2,18,22)(H,23,24). The van der Waals surface area contributed by atoms with E-state index in [1.165, 1.54) is 0 Å². The van der Waals surface area contributed by atoms with E-state index in [0.717, 1.165) is 17.2 Å². The van der Waals surface area contributed by atoms with Crippen molar-refractivity contribution >= 4 is 34.8 Å². The lowest BCUT2D eigenvalue weighted by Crippen LogP contribution is -2.14. The lowest BCUT2D eigenvalue weighted by molar-refractivity contribution is -0.135. The monoisotopic (exact) mass is 329 g/mol. The Bertz CT molecular complexity index is 789. The Morgan fingerprint density at radius 3 is 2.79 bits per heavy atom. The lowest BCUT2D eigenvalue weighted by Gasteiger charge is -2.15. The van der Waals surface area contributed by atoms with E-state index in [0.29, 0.717) is 23.3 Å². The normalized spacial score (nSPS) is 11.9. The summed E-state index contributed by atoms with van der Waals surface area (Å²) in [5, 5.41) is 12.4. The van der Waals surface area contributed by atoms with Crippen molar-refractivity contribution in [1.82, 2.24) is 4.98 Å². The number of fused-ring (bicyclic) bond motifs is 1. The average Bonchev–Trinajstić information content (AvgIpc) is 2.53. The minimum atomic E-state index is -0.965. The van der Waals surface area contributed by atoms with Gasteiger partial charge < -0.3 is 21.0 Å². The van der Waals surface area contributed by atoms with Crippen LogP contribution in [0.3, 0.4) is 0 Å². The number of carbonyl (C=O) groups excluding carboxylic acids is 2. The number of pyridine rings is 1. The average molecular weight is 329 g/mol. The molecule has 7 nitrogen and oxygen atoms in total. The number of para-hydroxylation sites is 1. The Labute approximate surface area is 138 Å². The third-order valence-corrected chi connectivity index (χ3v) is 3.77. The van der Waals surface area contributed by atoms with Gasteiger partial charge >= 0.3 is 5.97 Å². The molecule has 4 N–H and O–H groups in total. The largest absolute Gasteiger partial charge is 0.480 e. The van der Waals surface area contributed by atoms with Crippen LogP contribution in [0, 0.1) is 6.92 Å². The summed E-state index contributed by atoms with van der Waals surface area (Å²) in [6.45, 7) is 1.57. The Kier molecular flexibility index (Phi) is 5.47. The maximum Gasteiger partial charge on any atom is 0.322 e. The number of nitrogens with two attached hydrogens (primary N) is 1. The summed E-state index contributed by atoms with van der Waals surface area (Å²) in [4.78, 5) is 37.6. The smallest absolute Gasteiger partial charge is 0.322 e. The Balaban J connectivity index is 2.40. The van der Waals surface area contributed by atoms with Gasteiger partial charge in [-0.1, -0.05) is 12.1 Å². The molecule has 1 aromatic carbocycles. The molecular formula is C17H19N3O4. The zero-order chi connectivity index (χ0) is 17.7. The molecule has 0 radical (unpaired) electrons. The SMILES string of the molecule is Cc1nc2c(NCC(=O)O)cccc2cc1C(C=O)CCC(N)=O. The van der Waals surface area contributed by atoms with E-state index < -0.39 is 17.8 Å². The second kappa shape index (κ2) is 7.54. The molecule has 7 heteroatoms. The summed E-state index contributed by atoms with van der Waals surface area (Å²) in [6.07, 6.45) is 1.26. The third-order valence-electron chi connectivity index (χ3n) is 3.77. The molecule has 1 amide bonds. The highest BCUT2D eigenvalue weighted by Gasteiger charge is 2.17. The van der Waals surface area contributed by atoms with Crippen molar-refractivity contribution < 1.29 is 19.5 Å². The number of primary amides is 1. The van der Waals surface area contributed by atoms with E-state index in [9.17, 15) is 14.4 Å². The molecule has 2 aromatic rings. The van der Waals surface area contributed by atoms with Gasteiger partial charge in [0, 0.05) is 23.4 Å². The summed E-state index contributed by atoms with van der Waals surface area (Å²) >= 11 is 0. The number of hydrogen-bond acceptors (Lipinski definition) is 5. The fourth-order valence-corrected chi connectivity index (χ4v) is 2.59. The van der Waals surface area contributed by atoms with Crippen molar-refractivity contribution in [1.29, 1.82) is 0 Å². The fraction of sp³-hybridized carbons (Fsp3) is 0.294. The van der Waals surface area contributed by atoms with Crippen LogP contribution in [0.1, 0.15) is 30.0 Å². The van der Waals surface area contributed by atoms with Crippen LogP contribution in [0.5, 0.6) is 0 Å². The van der Waals surface area contributed by atoms with Crippen molar-refractivity contribution in [3.8, 4) is 0 Å². The van der Waals surface area contributed by atoms with E-state index in [1.54, 1.807) is 19.1 Å². The molecule has 0 saturated carbocycles. The van der Waals surface area contributed by atoms with Crippen LogP contribution in [-0.4, -0.2) is 34.8 Å². The molecule has 2 rings (SSSR count). The topological polar surface area (TPSA) is 122 Å².